The standard InChI is InChI=1S/C8H10O4/c1-4-5-11-7(10)8(2,3)12-6-9/h1,6H,5H2,2-3H3. The zero-order valence-corrected chi connectivity index (χ0v) is 6.99. The van der Waals surface area contributed by atoms with Gasteiger partial charge in [-0.1, -0.05) is 5.92 Å². The Hall–Kier alpha value is -1.50. The lowest BCUT2D eigenvalue weighted by molar-refractivity contribution is -0.170. The van der Waals surface area contributed by atoms with Crippen LogP contribution in [0.5, 0.6) is 0 Å². The van der Waals surface area contributed by atoms with Gasteiger partial charge in [0.25, 0.3) is 6.47 Å². The molecule has 0 N–H and O–H groups in total. The van der Waals surface area contributed by atoms with E-state index in [2.05, 4.69) is 15.4 Å². The van der Waals surface area contributed by atoms with Crippen molar-refractivity contribution in [3.63, 3.8) is 0 Å². The molecule has 0 radical (unpaired) electrons. The summed E-state index contributed by atoms with van der Waals surface area (Å²) < 4.78 is 9.01. The topological polar surface area (TPSA) is 52.6 Å². The fourth-order valence-electron chi connectivity index (χ4n) is 0.449. The van der Waals surface area contributed by atoms with Crippen LogP contribution in [0.25, 0.3) is 0 Å². The van der Waals surface area contributed by atoms with Crippen LogP contribution in [0.1, 0.15) is 13.8 Å². The van der Waals surface area contributed by atoms with Crippen LogP contribution in [0.15, 0.2) is 0 Å². The van der Waals surface area contributed by atoms with E-state index in [-0.39, 0.29) is 13.1 Å². The lowest BCUT2D eigenvalue weighted by atomic mass is 10.1. The fraction of sp³-hybridized carbons (Fsp3) is 0.500. The number of ether oxygens (including phenoxy) is 2. The normalized spacial score (nSPS) is 9.75. The Kier molecular flexibility index (Phi) is 3.84. The first-order valence-electron chi connectivity index (χ1n) is 3.26. The molecule has 0 heterocycles. The first-order valence-corrected chi connectivity index (χ1v) is 3.26. The van der Waals surface area contributed by atoms with Gasteiger partial charge >= 0.3 is 5.97 Å². The van der Waals surface area contributed by atoms with E-state index in [0.717, 1.165) is 0 Å². The minimum atomic E-state index is -1.27. The molecule has 0 aromatic heterocycles. The molecule has 0 atom stereocenters. The lowest BCUT2D eigenvalue weighted by Crippen LogP contribution is -2.36. The van der Waals surface area contributed by atoms with Crippen LogP contribution >= 0.6 is 0 Å². The van der Waals surface area contributed by atoms with Gasteiger partial charge in [0.2, 0.25) is 5.60 Å². The maximum atomic E-state index is 11.0. The highest BCUT2D eigenvalue weighted by Crippen LogP contribution is 2.09. The fourth-order valence-corrected chi connectivity index (χ4v) is 0.449. The molecule has 66 valence electrons. The third-order valence-electron chi connectivity index (χ3n) is 1.12. The molecule has 4 heteroatoms. The molecular formula is C8H10O4. The highest BCUT2D eigenvalue weighted by atomic mass is 16.6. The molecule has 0 saturated heterocycles. The van der Waals surface area contributed by atoms with Crippen molar-refractivity contribution in [1.29, 1.82) is 0 Å². The van der Waals surface area contributed by atoms with Crippen molar-refractivity contribution in [3.8, 4) is 12.3 Å². The van der Waals surface area contributed by atoms with Gasteiger partial charge in [0.1, 0.15) is 0 Å². The summed E-state index contributed by atoms with van der Waals surface area (Å²) in [6, 6.07) is 0. The van der Waals surface area contributed by atoms with Crippen molar-refractivity contribution < 1.29 is 19.1 Å². The average molecular weight is 170 g/mol. The molecule has 0 unspecified atom stereocenters. The number of carbonyl (C=O) groups is 2. The van der Waals surface area contributed by atoms with Crippen molar-refractivity contribution >= 4 is 12.4 Å². The summed E-state index contributed by atoms with van der Waals surface area (Å²) >= 11 is 0. The number of terminal acetylenes is 1. The molecule has 0 aliphatic carbocycles. The summed E-state index contributed by atoms with van der Waals surface area (Å²) in [5, 5.41) is 0. The molecule has 0 amide bonds. The molecule has 0 rings (SSSR count). The van der Waals surface area contributed by atoms with E-state index < -0.39 is 11.6 Å². The van der Waals surface area contributed by atoms with E-state index >= 15 is 0 Å². The quantitative estimate of drug-likeness (QED) is 0.341. The van der Waals surface area contributed by atoms with Crippen LogP contribution in [0.2, 0.25) is 0 Å². The summed E-state index contributed by atoms with van der Waals surface area (Å²) in [4.78, 5) is 20.9. The number of esters is 1. The van der Waals surface area contributed by atoms with Gasteiger partial charge in [-0.3, -0.25) is 4.79 Å². The van der Waals surface area contributed by atoms with Crippen molar-refractivity contribution in [2.75, 3.05) is 6.61 Å². The van der Waals surface area contributed by atoms with E-state index in [1.54, 1.807) is 0 Å². The number of hydrogen-bond acceptors (Lipinski definition) is 4. The van der Waals surface area contributed by atoms with Gasteiger partial charge in [-0.15, -0.1) is 6.42 Å². The van der Waals surface area contributed by atoms with Gasteiger partial charge in [-0.25, -0.2) is 4.79 Å². The van der Waals surface area contributed by atoms with Crippen molar-refractivity contribution in [1.82, 2.24) is 0 Å². The van der Waals surface area contributed by atoms with Crippen LogP contribution in [0.4, 0.5) is 0 Å². The van der Waals surface area contributed by atoms with E-state index in [1.165, 1.54) is 13.8 Å². The third-order valence-corrected chi connectivity index (χ3v) is 1.12. The Balaban J connectivity index is 4.07. The predicted molar refractivity (Wildman–Crippen MR) is 41.0 cm³/mol. The van der Waals surface area contributed by atoms with Gasteiger partial charge in [0, 0.05) is 0 Å². The highest BCUT2D eigenvalue weighted by Gasteiger charge is 2.30. The summed E-state index contributed by atoms with van der Waals surface area (Å²) in [6.45, 7) is 2.90. The van der Waals surface area contributed by atoms with Crippen LogP contribution in [-0.2, 0) is 19.1 Å². The Labute approximate surface area is 70.8 Å². The third kappa shape index (κ3) is 3.06. The first kappa shape index (κ1) is 10.5. The van der Waals surface area contributed by atoms with Crippen molar-refractivity contribution in [3.05, 3.63) is 0 Å². The van der Waals surface area contributed by atoms with Crippen LogP contribution in [0.3, 0.4) is 0 Å². The Morgan fingerprint density at radius 2 is 2.25 bits per heavy atom. The number of rotatable bonds is 4. The van der Waals surface area contributed by atoms with Crippen LogP contribution in [-0.4, -0.2) is 24.6 Å². The van der Waals surface area contributed by atoms with Gasteiger partial charge in [-0.05, 0) is 13.8 Å². The Bertz CT molecular complexity index is 212. The number of hydrogen-bond donors (Lipinski definition) is 0. The maximum absolute atomic E-state index is 11.0. The SMILES string of the molecule is C#CCOC(=O)C(C)(C)OC=O. The molecule has 0 aromatic carbocycles. The molecule has 0 aliphatic rings. The second kappa shape index (κ2) is 4.39. The zero-order chi connectivity index (χ0) is 9.61. The second-order valence-electron chi connectivity index (χ2n) is 2.50. The van der Waals surface area contributed by atoms with Gasteiger partial charge in [0.15, 0.2) is 6.61 Å². The largest absolute Gasteiger partial charge is 0.450 e. The van der Waals surface area contributed by atoms with E-state index in [4.69, 9.17) is 6.42 Å². The molecular weight excluding hydrogens is 160 g/mol. The minimum Gasteiger partial charge on any atom is -0.450 e. The summed E-state index contributed by atoms with van der Waals surface area (Å²) in [7, 11) is 0. The highest BCUT2D eigenvalue weighted by molar-refractivity contribution is 5.79. The van der Waals surface area contributed by atoms with E-state index in [0.29, 0.717) is 0 Å². The van der Waals surface area contributed by atoms with Crippen LogP contribution in [0, 0.1) is 12.3 Å². The lowest BCUT2D eigenvalue weighted by Gasteiger charge is -2.19. The summed E-state index contributed by atoms with van der Waals surface area (Å²) in [5.41, 5.74) is -1.27. The number of carbonyl (C=O) groups excluding carboxylic acids is 2. The second-order valence-corrected chi connectivity index (χ2v) is 2.50. The van der Waals surface area contributed by atoms with Gasteiger partial charge in [-0.2, -0.15) is 0 Å². The predicted octanol–water partition coefficient (Wildman–Crippen LogP) is 0.114. The maximum Gasteiger partial charge on any atom is 0.350 e. The van der Waals surface area contributed by atoms with Crippen LogP contribution < -0.4 is 0 Å². The first-order chi connectivity index (χ1) is 5.54. The van der Waals surface area contributed by atoms with Gasteiger partial charge < -0.3 is 9.47 Å². The molecule has 4 nitrogen and oxygen atoms in total. The monoisotopic (exact) mass is 170 g/mol. The van der Waals surface area contributed by atoms with Gasteiger partial charge in [0.05, 0.1) is 0 Å². The molecule has 0 aliphatic heterocycles. The average Bonchev–Trinajstić information content (AvgIpc) is 2.00. The smallest absolute Gasteiger partial charge is 0.350 e. The molecule has 0 saturated carbocycles. The molecule has 0 spiro atoms. The molecule has 0 bridgehead atoms. The molecule has 12 heavy (non-hydrogen) atoms. The zero-order valence-electron chi connectivity index (χ0n) is 6.99. The molecule has 0 fully saturated rings. The van der Waals surface area contributed by atoms with Crippen molar-refractivity contribution in [2.45, 2.75) is 19.4 Å². The van der Waals surface area contributed by atoms with E-state index in [1.807, 2.05) is 0 Å². The molecule has 0 aromatic rings. The minimum absolute atomic E-state index is 0.121. The Morgan fingerprint density at radius 1 is 1.67 bits per heavy atom. The summed E-state index contributed by atoms with van der Waals surface area (Å²) in [5.74, 6) is 1.47. The van der Waals surface area contributed by atoms with E-state index in [9.17, 15) is 9.59 Å². The summed E-state index contributed by atoms with van der Waals surface area (Å²) in [6.07, 6.45) is 4.86. The Morgan fingerprint density at radius 3 is 2.67 bits per heavy atom. The van der Waals surface area contributed by atoms with Crippen molar-refractivity contribution in [2.24, 2.45) is 0 Å².